The largest absolute Gasteiger partial charge is 0.443 e. The van der Waals surface area contributed by atoms with Crippen LogP contribution in [0, 0.1) is 0 Å². The third kappa shape index (κ3) is 3.23. The molecule has 0 saturated carbocycles. The van der Waals surface area contributed by atoms with E-state index < -0.39 is 35.6 Å². The lowest BCUT2D eigenvalue weighted by Crippen LogP contribution is -2.45. The van der Waals surface area contributed by atoms with Crippen LogP contribution in [-0.4, -0.2) is 45.4 Å². The van der Waals surface area contributed by atoms with Gasteiger partial charge in [0.2, 0.25) is 0 Å². The number of ether oxygens (including phenoxy) is 1. The average molecular weight is 318 g/mol. The molecular weight excluding hydrogens is 300 g/mol. The first kappa shape index (κ1) is 16.7. The van der Waals surface area contributed by atoms with Crippen LogP contribution in [0.15, 0.2) is 30.3 Å². The van der Waals surface area contributed by atoms with Crippen molar-refractivity contribution in [2.24, 2.45) is 0 Å². The Morgan fingerprint density at radius 1 is 1.00 bits per heavy atom. The minimum atomic E-state index is -1.07. The van der Waals surface area contributed by atoms with E-state index in [2.05, 4.69) is 0 Å². The van der Waals surface area contributed by atoms with Crippen LogP contribution in [-0.2, 0) is 14.3 Å². The summed E-state index contributed by atoms with van der Waals surface area (Å²) in [6, 6.07) is 8.08. The van der Waals surface area contributed by atoms with Crippen molar-refractivity contribution >= 4 is 23.8 Å². The SMILES string of the molecule is CC1N(C(=O)OC(C)(C)C)C(=O)C(=O)N1C(=O)c1ccccc1. The fourth-order valence-corrected chi connectivity index (χ4v) is 2.19. The first-order valence-corrected chi connectivity index (χ1v) is 7.12. The van der Waals surface area contributed by atoms with E-state index in [0.717, 1.165) is 4.90 Å². The molecule has 0 N–H and O–H groups in total. The predicted molar refractivity (Wildman–Crippen MR) is 80.2 cm³/mol. The molecule has 7 heteroatoms. The van der Waals surface area contributed by atoms with E-state index in [1.807, 2.05) is 0 Å². The summed E-state index contributed by atoms with van der Waals surface area (Å²) in [5, 5.41) is 0. The van der Waals surface area contributed by atoms with E-state index in [1.165, 1.54) is 19.1 Å². The van der Waals surface area contributed by atoms with E-state index in [1.54, 1.807) is 39.0 Å². The summed E-state index contributed by atoms with van der Waals surface area (Å²) in [6.07, 6.45) is -2.00. The van der Waals surface area contributed by atoms with Crippen molar-refractivity contribution in [3.05, 3.63) is 35.9 Å². The second-order valence-corrected chi connectivity index (χ2v) is 6.13. The van der Waals surface area contributed by atoms with Crippen molar-refractivity contribution in [3.63, 3.8) is 0 Å². The summed E-state index contributed by atoms with van der Waals surface area (Å²) in [7, 11) is 0. The molecular formula is C16H18N2O5. The minimum Gasteiger partial charge on any atom is -0.443 e. The van der Waals surface area contributed by atoms with Crippen LogP contribution in [0.1, 0.15) is 38.1 Å². The molecule has 0 radical (unpaired) electrons. The van der Waals surface area contributed by atoms with Gasteiger partial charge in [-0.25, -0.2) is 14.6 Å². The van der Waals surface area contributed by atoms with Crippen molar-refractivity contribution in [2.45, 2.75) is 39.5 Å². The molecule has 0 spiro atoms. The molecule has 0 bridgehead atoms. The highest BCUT2D eigenvalue weighted by Gasteiger charge is 2.50. The Morgan fingerprint density at radius 2 is 1.52 bits per heavy atom. The minimum absolute atomic E-state index is 0.256. The molecule has 1 aromatic rings. The molecule has 1 heterocycles. The topological polar surface area (TPSA) is 84.0 Å². The van der Waals surface area contributed by atoms with E-state index in [0.29, 0.717) is 4.90 Å². The summed E-state index contributed by atoms with van der Waals surface area (Å²) in [4.78, 5) is 50.2. The number of amides is 4. The highest BCUT2D eigenvalue weighted by atomic mass is 16.6. The molecule has 1 aliphatic rings. The number of rotatable bonds is 1. The van der Waals surface area contributed by atoms with Gasteiger partial charge in [-0.05, 0) is 39.8 Å². The Balaban J connectivity index is 2.28. The first-order chi connectivity index (χ1) is 10.6. The zero-order valence-electron chi connectivity index (χ0n) is 13.4. The number of hydrogen-bond acceptors (Lipinski definition) is 5. The van der Waals surface area contributed by atoms with Crippen LogP contribution < -0.4 is 0 Å². The lowest BCUT2D eigenvalue weighted by atomic mass is 10.2. The van der Waals surface area contributed by atoms with Crippen molar-refractivity contribution < 1.29 is 23.9 Å². The van der Waals surface area contributed by atoms with Crippen LogP contribution in [0.2, 0.25) is 0 Å². The number of carbonyl (C=O) groups is 4. The molecule has 1 aromatic carbocycles. The van der Waals surface area contributed by atoms with E-state index in [-0.39, 0.29) is 5.56 Å². The first-order valence-electron chi connectivity index (χ1n) is 7.12. The molecule has 7 nitrogen and oxygen atoms in total. The highest BCUT2D eigenvalue weighted by molar-refractivity contribution is 6.42. The fourth-order valence-electron chi connectivity index (χ4n) is 2.19. The molecule has 0 aliphatic carbocycles. The quantitative estimate of drug-likeness (QED) is 0.582. The summed E-state index contributed by atoms with van der Waals surface area (Å²) in [5.74, 6) is -2.75. The van der Waals surface area contributed by atoms with Gasteiger partial charge in [0, 0.05) is 5.56 Å². The van der Waals surface area contributed by atoms with E-state index >= 15 is 0 Å². The third-order valence-corrected chi connectivity index (χ3v) is 3.20. The second kappa shape index (κ2) is 5.83. The molecule has 1 atom stereocenters. The zero-order chi connectivity index (χ0) is 17.4. The van der Waals surface area contributed by atoms with Gasteiger partial charge >= 0.3 is 17.9 Å². The maximum Gasteiger partial charge on any atom is 0.419 e. The molecule has 1 saturated heterocycles. The Hall–Kier alpha value is -2.70. The van der Waals surface area contributed by atoms with Gasteiger partial charge in [-0.2, -0.15) is 0 Å². The number of benzene rings is 1. The Bertz CT molecular complexity index is 663. The van der Waals surface area contributed by atoms with Crippen LogP contribution in [0.5, 0.6) is 0 Å². The number of hydrogen-bond donors (Lipinski definition) is 0. The third-order valence-electron chi connectivity index (χ3n) is 3.20. The van der Waals surface area contributed by atoms with Crippen molar-refractivity contribution in [3.8, 4) is 0 Å². The molecule has 122 valence electrons. The van der Waals surface area contributed by atoms with Gasteiger partial charge in [-0.1, -0.05) is 18.2 Å². The van der Waals surface area contributed by atoms with Crippen LogP contribution in [0.4, 0.5) is 4.79 Å². The number of nitrogens with zero attached hydrogens (tertiary/aromatic N) is 2. The number of carbonyl (C=O) groups excluding carboxylic acids is 4. The Kier molecular flexibility index (Phi) is 4.22. The van der Waals surface area contributed by atoms with Gasteiger partial charge < -0.3 is 4.74 Å². The highest BCUT2D eigenvalue weighted by Crippen LogP contribution is 2.22. The van der Waals surface area contributed by atoms with Gasteiger partial charge in [-0.15, -0.1) is 0 Å². The fraction of sp³-hybridized carbons (Fsp3) is 0.375. The summed E-state index contributed by atoms with van der Waals surface area (Å²) in [5.41, 5.74) is -0.566. The summed E-state index contributed by atoms with van der Waals surface area (Å²) in [6.45, 7) is 6.36. The molecule has 1 aliphatic heterocycles. The van der Waals surface area contributed by atoms with Gasteiger partial charge in [0.05, 0.1) is 0 Å². The zero-order valence-corrected chi connectivity index (χ0v) is 13.4. The van der Waals surface area contributed by atoms with E-state index in [9.17, 15) is 19.2 Å². The predicted octanol–water partition coefficient (Wildman–Crippen LogP) is 1.78. The maximum absolute atomic E-state index is 12.4. The summed E-state index contributed by atoms with van der Waals surface area (Å²) >= 11 is 0. The average Bonchev–Trinajstić information content (AvgIpc) is 2.67. The molecule has 4 amide bonds. The molecule has 23 heavy (non-hydrogen) atoms. The van der Waals surface area contributed by atoms with Gasteiger partial charge in [0.25, 0.3) is 5.91 Å². The van der Waals surface area contributed by atoms with Crippen molar-refractivity contribution in [1.82, 2.24) is 9.80 Å². The standard InChI is InChI=1S/C16H18N2O5/c1-10-17(12(19)11-8-6-5-7-9-11)13(20)14(21)18(10)15(22)23-16(2,3)4/h5-10H,1-4H3. The van der Waals surface area contributed by atoms with Gasteiger partial charge in [-0.3, -0.25) is 14.4 Å². The van der Waals surface area contributed by atoms with Crippen LogP contribution in [0.3, 0.4) is 0 Å². The molecule has 1 unspecified atom stereocenters. The molecule has 1 fully saturated rings. The summed E-state index contributed by atoms with van der Waals surface area (Å²) < 4.78 is 5.12. The monoisotopic (exact) mass is 318 g/mol. The second-order valence-electron chi connectivity index (χ2n) is 6.13. The van der Waals surface area contributed by atoms with Gasteiger partial charge in [0.15, 0.2) is 0 Å². The van der Waals surface area contributed by atoms with Gasteiger partial charge in [0.1, 0.15) is 11.8 Å². The maximum atomic E-state index is 12.4. The Morgan fingerprint density at radius 3 is 2.04 bits per heavy atom. The van der Waals surface area contributed by atoms with Crippen molar-refractivity contribution in [2.75, 3.05) is 0 Å². The van der Waals surface area contributed by atoms with Crippen LogP contribution in [0.25, 0.3) is 0 Å². The number of imide groups is 2. The molecule has 0 aromatic heterocycles. The lowest BCUT2D eigenvalue weighted by Gasteiger charge is -2.27. The van der Waals surface area contributed by atoms with E-state index in [4.69, 9.17) is 4.74 Å². The van der Waals surface area contributed by atoms with Crippen LogP contribution >= 0.6 is 0 Å². The smallest absolute Gasteiger partial charge is 0.419 e. The Labute approximate surface area is 133 Å². The lowest BCUT2D eigenvalue weighted by molar-refractivity contribution is -0.142. The van der Waals surface area contributed by atoms with Crippen molar-refractivity contribution in [1.29, 1.82) is 0 Å². The molecule has 2 rings (SSSR count). The normalized spacial score (nSPS) is 18.3.